The second kappa shape index (κ2) is 5.50. The Morgan fingerprint density at radius 1 is 1.25 bits per heavy atom. The standard InChI is InChI=1S/C18H28N2/c1-14(2)11-16-13-20(18(3)9-10-18)17(12-19-16)15-7-5-4-6-8-15/h4-8,14,16-17,19H,9-13H2,1-3H3. The Bertz CT molecular complexity index is 436. The fourth-order valence-electron chi connectivity index (χ4n) is 3.58. The Balaban J connectivity index is 1.77. The first kappa shape index (κ1) is 14.1. The van der Waals surface area contributed by atoms with E-state index in [2.05, 4.69) is 61.3 Å². The van der Waals surface area contributed by atoms with E-state index >= 15 is 0 Å². The minimum Gasteiger partial charge on any atom is -0.311 e. The van der Waals surface area contributed by atoms with Gasteiger partial charge in [-0.2, -0.15) is 0 Å². The summed E-state index contributed by atoms with van der Waals surface area (Å²) in [5.74, 6) is 0.773. The van der Waals surface area contributed by atoms with Crippen LogP contribution in [0.25, 0.3) is 0 Å². The topological polar surface area (TPSA) is 15.3 Å². The van der Waals surface area contributed by atoms with Crippen LogP contribution in [0.5, 0.6) is 0 Å². The minimum atomic E-state index is 0.456. The van der Waals surface area contributed by atoms with E-state index < -0.39 is 0 Å². The smallest absolute Gasteiger partial charge is 0.0478 e. The summed E-state index contributed by atoms with van der Waals surface area (Å²) in [5, 5.41) is 3.79. The lowest BCUT2D eigenvalue weighted by Crippen LogP contribution is -2.56. The monoisotopic (exact) mass is 272 g/mol. The predicted octanol–water partition coefficient (Wildman–Crippen LogP) is 3.60. The Hall–Kier alpha value is -0.860. The van der Waals surface area contributed by atoms with Crippen molar-refractivity contribution in [2.75, 3.05) is 13.1 Å². The van der Waals surface area contributed by atoms with Crippen molar-refractivity contribution < 1.29 is 0 Å². The average molecular weight is 272 g/mol. The largest absolute Gasteiger partial charge is 0.311 e. The van der Waals surface area contributed by atoms with Gasteiger partial charge in [-0.1, -0.05) is 44.2 Å². The molecule has 1 aliphatic heterocycles. The van der Waals surface area contributed by atoms with E-state index in [0.29, 0.717) is 17.6 Å². The highest BCUT2D eigenvalue weighted by molar-refractivity contribution is 5.22. The van der Waals surface area contributed by atoms with Crippen LogP contribution >= 0.6 is 0 Å². The molecule has 1 aliphatic carbocycles. The first-order chi connectivity index (χ1) is 9.58. The molecule has 2 nitrogen and oxygen atoms in total. The van der Waals surface area contributed by atoms with Crippen LogP contribution in [0.1, 0.15) is 51.6 Å². The van der Waals surface area contributed by atoms with Gasteiger partial charge < -0.3 is 5.32 Å². The second-order valence-corrected chi connectivity index (χ2v) is 7.31. The molecule has 2 aliphatic rings. The SMILES string of the molecule is CC(C)CC1CN(C2(C)CC2)C(c2ccccc2)CN1. The van der Waals surface area contributed by atoms with Crippen LogP contribution in [0.2, 0.25) is 0 Å². The zero-order chi connectivity index (χ0) is 14.2. The van der Waals surface area contributed by atoms with Gasteiger partial charge in [-0.05, 0) is 37.7 Å². The summed E-state index contributed by atoms with van der Waals surface area (Å²) in [6.45, 7) is 9.40. The molecule has 2 atom stereocenters. The zero-order valence-electron chi connectivity index (χ0n) is 13.1. The lowest BCUT2D eigenvalue weighted by atomic mass is 9.94. The molecule has 1 aromatic carbocycles. The lowest BCUT2D eigenvalue weighted by molar-refractivity contribution is 0.0701. The van der Waals surface area contributed by atoms with E-state index in [-0.39, 0.29) is 0 Å². The summed E-state index contributed by atoms with van der Waals surface area (Å²) in [7, 11) is 0. The lowest BCUT2D eigenvalue weighted by Gasteiger charge is -2.45. The van der Waals surface area contributed by atoms with Gasteiger partial charge in [0.2, 0.25) is 0 Å². The van der Waals surface area contributed by atoms with Crippen molar-refractivity contribution in [1.82, 2.24) is 10.2 Å². The second-order valence-electron chi connectivity index (χ2n) is 7.31. The van der Waals surface area contributed by atoms with Crippen molar-refractivity contribution >= 4 is 0 Å². The number of nitrogens with zero attached hydrogens (tertiary/aromatic N) is 1. The van der Waals surface area contributed by atoms with Crippen LogP contribution in [0.15, 0.2) is 30.3 Å². The van der Waals surface area contributed by atoms with E-state index in [1.807, 2.05) is 0 Å². The molecule has 1 saturated heterocycles. The maximum Gasteiger partial charge on any atom is 0.0478 e. The maximum absolute atomic E-state index is 3.79. The van der Waals surface area contributed by atoms with E-state index in [1.165, 1.54) is 31.4 Å². The van der Waals surface area contributed by atoms with Crippen LogP contribution in [0.4, 0.5) is 0 Å². The molecule has 20 heavy (non-hydrogen) atoms. The van der Waals surface area contributed by atoms with Crippen molar-refractivity contribution in [3.63, 3.8) is 0 Å². The van der Waals surface area contributed by atoms with Crippen LogP contribution in [-0.2, 0) is 0 Å². The number of nitrogens with one attached hydrogen (secondary N) is 1. The Morgan fingerprint density at radius 2 is 1.95 bits per heavy atom. The summed E-state index contributed by atoms with van der Waals surface area (Å²) in [6, 6.07) is 12.2. The van der Waals surface area contributed by atoms with Crippen LogP contribution in [-0.4, -0.2) is 29.6 Å². The van der Waals surface area contributed by atoms with Crippen LogP contribution in [0.3, 0.4) is 0 Å². The number of benzene rings is 1. The van der Waals surface area contributed by atoms with Gasteiger partial charge >= 0.3 is 0 Å². The van der Waals surface area contributed by atoms with Gasteiger partial charge in [0.05, 0.1) is 0 Å². The van der Waals surface area contributed by atoms with Crippen molar-refractivity contribution in [3.05, 3.63) is 35.9 Å². The fourth-order valence-corrected chi connectivity index (χ4v) is 3.58. The van der Waals surface area contributed by atoms with Crippen molar-refractivity contribution in [2.45, 2.75) is 57.7 Å². The van der Waals surface area contributed by atoms with Crippen LogP contribution < -0.4 is 5.32 Å². The summed E-state index contributed by atoms with van der Waals surface area (Å²) < 4.78 is 0. The quantitative estimate of drug-likeness (QED) is 0.901. The zero-order valence-corrected chi connectivity index (χ0v) is 13.1. The van der Waals surface area contributed by atoms with Gasteiger partial charge in [0.25, 0.3) is 0 Å². The van der Waals surface area contributed by atoms with Crippen molar-refractivity contribution in [3.8, 4) is 0 Å². The molecule has 2 fully saturated rings. The molecule has 0 aromatic heterocycles. The Morgan fingerprint density at radius 3 is 2.55 bits per heavy atom. The predicted molar refractivity (Wildman–Crippen MR) is 84.8 cm³/mol. The van der Waals surface area contributed by atoms with Gasteiger partial charge in [0.1, 0.15) is 0 Å². The fraction of sp³-hybridized carbons (Fsp3) is 0.667. The summed E-state index contributed by atoms with van der Waals surface area (Å²) in [5.41, 5.74) is 1.92. The minimum absolute atomic E-state index is 0.456. The molecule has 0 spiro atoms. The van der Waals surface area contributed by atoms with E-state index in [1.54, 1.807) is 0 Å². The van der Waals surface area contributed by atoms with Gasteiger partial charge in [-0.25, -0.2) is 0 Å². The molecule has 2 heteroatoms. The molecule has 1 saturated carbocycles. The van der Waals surface area contributed by atoms with Crippen LogP contribution in [0, 0.1) is 5.92 Å². The van der Waals surface area contributed by atoms with E-state index in [0.717, 1.165) is 12.5 Å². The highest BCUT2D eigenvalue weighted by atomic mass is 15.3. The van der Waals surface area contributed by atoms with Gasteiger partial charge in [0, 0.05) is 30.7 Å². The third-order valence-corrected chi connectivity index (χ3v) is 5.00. The molecule has 0 radical (unpaired) electrons. The summed E-state index contributed by atoms with van der Waals surface area (Å²) >= 11 is 0. The molecule has 3 rings (SSSR count). The van der Waals surface area contributed by atoms with Crippen molar-refractivity contribution in [2.24, 2.45) is 5.92 Å². The first-order valence-electron chi connectivity index (χ1n) is 8.13. The van der Waals surface area contributed by atoms with Crippen molar-refractivity contribution in [1.29, 1.82) is 0 Å². The molecule has 0 amide bonds. The third-order valence-electron chi connectivity index (χ3n) is 5.00. The number of hydrogen-bond donors (Lipinski definition) is 1. The Labute approximate surface area is 123 Å². The number of piperazine rings is 1. The van der Waals surface area contributed by atoms with E-state index in [9.17, 15) is 0 Å². The maximum atomic E-state index is 3.79. The number of hydrogen-bond acceptors (Lipinski definition) is 2. The molecular formula is C18H28N2. The molecule has 0 bridgehead atoms. The molecule has 1 aromatic rings. The molecule has 1 N–H and O–H groups in total. The molecule has 2 unspecified atom stereocenters. The van der Waals surface area contributed by atoms with Gasteiger partial charge in [-0.3, -0.25) is 4.90 Å². The summed E-state index contributed by atoms with van der Waals surface area (Å²) in [6.07, 6.45) is 4.02. The first-order valence-corrected chi connectivity index (χ1v) is 8.13. The highest BCUT2D eigenvalue weighted by Crippen LogP contribution is 2.46. The normalized spacial score (nSPS) is 29.6. The highest BCUT2D eigenvalue weighted by Gasteiger charge is 2.48. The molecule has 110 valence electrons. The Kier molecular flexibility index (Phi) is 3.87. The van der Waals surface area contributed by atoms with E-state index in [4.69, 9.17) is 0 Å². The molecule has 1 heterocycles. The summed E-state index contributed by atoms with van der Waals surface area (Å²) in [4.78, 5) is 2.78. The number of rotatable bonds is 4. The average Bonchev–Trinajstić information content (AvgIpc) is 3.18. The third kappa shape index (κ3) is 2.91. The van der Waals surface area contributed by atoms with Gasteiger partial charge in [-0.15, -0.1) is 0 Å². The van der Waals surface area contributed by atoms with Gasteiger partial charge in [0.15, 0.2) is 0 Å². The molecular weight excluding hydrogens is 244 g/mol.